The first kappa shape index (κ1) is 20.9. The van der Waals surface area contributed by atoms with Crippen molar-refractivity contribution in [1.29, 1.82) is 0 Å². The number of benzene rings is 3. The summed E-state index contributed by atoms with van der Waals surface area (Å²) in [5.41, 5.74) is 1.53. The fourth-order valence-corrected chi connectivity index (χ4v) is 3.66. The van der Waals surface area contributed by atoms with Crippen LogP contribution in [0.1, 0.15) is 37.9 Å². The first-order valence-electron chi connectivity index (χ1n) is 10.1. The number of aliphatic hydroxyl groups excluding tert-OH is 1. The Morgan fingerprint density at radius 1 is 1.03 bits per heavy atom. The molecule has 0 aliphatic carbocycles. The molecule has 0 spiro atoms. The van der Waals surface area contributed by atoms with Gasteiger partial charge in [0.15, 0.2) is 0 Å². The maximum Gasteiger partial charge on any atom is 0.232 e. The second-order valence-electron chi connectivity index (χ2n) is 7.40. The van der Waals surface area contributed by atoms with Crippen molar-refractivity contribution in [3.8, 4) is 5.75 Å². The number of rotatable bonds is 8. The molecule has 0 saturated heterocycles. The number of amides is 1. The summed E-state index contributed by atoms with van der Waals surface area (Å²) in [6.07, 6.45) is 1.63. The molecular formula is C25H29NO3. The molecule has 29 heavy (non-hydrogen) atoms. The number of carbonyl (C=O) groups excluding carboxylic acids is 1. The first-order valence-corrected chi connectivity index (χ1v) is 10.1. The highest BCUT2D eigenvalue weighted by atomic mass is 16.5. The molecule has 0 aliphatic rings. The van der Waals surface area contributed by atoms with Crippen molar-refractivity contribution in [2.45, 2.75) is 32.3 Å². The molecule has 3 aromatic carbocycles. The van der Waals surface area contributed by atoms with Crippen LogP contribution in [0.2, 0.25) is 0 Å². The summed E-state index contributed by atoms with van der Waals surface area (Å²) in [6, 6.07) is 21.4. The van der Waals surface area contributed by atoms with Crippen molar-refractivity contribution in [3.63, 3.8) is 0 Å². The van der Waals surface area contributed by atoms with E-state index in [1.165, 1.54) is 0 Å². The van der Waals surface area contributed by atoms with Crippen LogP contribution in [0.5, 0.6) is 5.75 Å². The molecule has 4 heteroatoms. The molecule has 0 radical (unpaired) electrons. The van der Waals surface area contributed by atoms with E-state index in [2.05, 4.69) is 6.92 Å². The highest BCUT2D eigenvalue weighted by Crippen LogP contribution is 2.32. The fourth-order valence-electron chi connectivity index (χ4n) is 3.66. The van der Waals surface area contributed by atoms with Crippen molar-refractivity contribution in [3.05, 3.63) is 72.3 Å². The van der Waals surface area contributed by atoms with Crippen molar-refractivity contribution >= 4 is 22.4 Å². The molecule has 152 valence electrons. The molecule has 1 N–H and O–H groups in total. The monoisotopic (exact) mass is 391 g/mol. The lowest BCUT2D eigenvalue weighted by atomic mass is 9.89. The van der Waals surface area contributed by atoms with Crippen LogP contribution in [0, 0.1) is 5.92 Å². The SMILES string of the molecule is CCCC[C@@H](C(=O)N(C)c1cccc(OC)c1)[C@H](O)c1ccc2ccccc2c1. The van der Waals surface area contributed by atoms with Gasteiger partial charge >= 0.3 is 0 Å². The molecule has 1 amide bonds. The molecular weight excluding hydrogens is 362 g/mol. The third-order valence-corrected chi connectivity index (χ3v) is 5.45. The van der Waals surface area contributed by atoms with Gasteiger partial charge in [0.2, 0.25) is 5.91 Å². The number of unbranched alkanes of at least 4 members (excludes halogenated alkanes) is 1. The van der Waals surface area contributed by atoms with E-state index in [-0.39, 0.29) is 5.91 Å². The lowest BCUT2D eigenvalue weighted by Crippen LogP contribution is -2.36. The summed E-state index contributed by atoms with van der Waals surface area (Å²) in [5, 5.41) is 13.3. The van der Waals surface area contributed by atoms with Gasteiger partial charge in [-0.3, -0.25) is 4.79 Å². The number of anilines is 1. The van der Waals surface area contributed by atoms with Gasteiger partial charge in [0.25, 0.3) is 0 Å². The van der Waals surface area contributed by atoms with Crippen LogP contribution in [0.25, 0.3) is 10.8 Å². The number of aliphatic hydroxyl groups is 1. The highest BCUT2D eigenvalue weighted by molar-refractivity contribution is 5.95. The predicted molar refractivity (Wildman–Crippen MR) is 118 cm³/mol. The Kier molecular flexibility index (Phi) is 6.89. The van der Waals surface area contributed by atoms with Gasteiger partial charge in [0, 0.05) is 18.8 Å². The van der Waals surface area contributed by atoms with E-state index in [0.29, 0.717) is 12.2 Å². The summed E-state index contributed by atoms with van der Waals surface area (Å²) in [5.74, 6) is 0.0991. The average Bonchev–Trinajstić information content (AvgIpc) is 2.78. The van der Waals surface area contributed by atoms with E-state index < -0.39 is 12.0 Å². The minimum absolute atomic E-state index is 0.0904. The van der Waals surface area contributed by atoms with Crippen LogP contribution in [0.4, 0.5) is 5.69 Å². The van der Waals surface area contributed by atoms with Crippen LogP contribution in [-0.4, -0.2) is 25.2 Å². The fraction of sp³-hybridized carbons (Fsp3) is 0.320. The maximum atomic E-state index is 13.4. The molecule has 3 aromatic rings. The molecule has 0 heterocycles. The van der Waals surface area contributed by atoms with Gasteiger partial charge in [-0.05, 0) is 41.0 Å². The highest BCUT2D eigenvalue weighted by Gasteiger charge is 2.30. The molecule has 0 unspecified atom stereocenters. The zero-order valence-corrected chi connectivity index (χ0v) is 17.3. The lowest BCUT2D eigenvalue weighted by molar-refractivity contribution is -0.126. The van der Waals surface area contributed by atoms with E-state index in [1.807, 2.05) is 66.7 Å². The van der Waals surface area contributed by atoms with Crippen molar-refractivity contribution in [2.75, 3.05) is 19.1 Å². The van der Waals surface area contributed by atoms with Crippen LogP contribution >= 0.6 is 0 Å². The number of ether oxygens (including phenoxy) is 1. The zero-order chi connectivity index (χ0) is 20.8. The number of fused-ring (bicyclic) bond motifs is 1. The number of nitrogens with zero attached hydrogens (tertiary/aromatic N) is 1. The molecule has 0 fully saturated rings. The topological polar surface area (TPSA) is 49.8 Å². The Labute approximate surface area is 172 Å². The van der Waals surface area contributed by atoms with Gasteiger partial charge < -0.3 is 14.7 Å². The molecule has 0 saturated carbocycles. The van der Waals surface area contributed by atoms with Gasteiger partial charge in [-0.1, -0.05) is 62.2 Å². The smallest absolute Gasteiger partial charge is 0.232 e. The van der Waals surface area contributed by atoms with E-state index in [4.69, 9.17) is 4.74 Å². The summed E-state index contributed by atoms with van der Waals surface area (Å²) in [4.78, 5) is 15.0. The van der Waals surface area contributed by atoms with E-state index >= 15 is 0 Å². The third-order valence-electron chi connectivity index (χ3n) is 5.45. The minimum Gasteiger partial charge on any atom is -0.497 e. The van der Waals surface area contributed by atoms with Gasteiger partial charge in [-0.2, -0.15) is 0 Å². The van der Waals surface area contributed by atoms with Gasteiger partial charge in [-0.25, -0.2) is 0 Å². The Hall–Kier alpha value is -2.85. The Morgan fingerprint density at radius 3 is 2.52 bits per heavy atom. The summed E-state index contributed by atoms with van der Waals surface area (Å²) in [6.45, 7) is 2.09. The minimum atomic E-state index is -0.855. The van der Waals surface area contributed by atoms with Crippen LogP contribution in [0.3, 0.4) is 0 Å². The molecule has 0 bridgehead atoms. The van der Waals surface area contributed by atoms with Gasteiger partial charge in [-0.15, -0.1) is 0 Å². The average molecular weight is 392 g/mol. The summed E-state index contributed by atoms with van der Waals surface area (Å²) in [7, 11) is 3.36. The maximum absolute atomic E-state index is 13.4. The zero-order valence-electron chi connectivity index (χ0n) is 17.3. The van der Waals surface area contributed by atoms with E-state index in [0.717, 1.165) is 34.9 Å². The molecule has 3 rings (SSSR count). The number of hydrogen-bond donors (Lipinski definition) is 1. The Morgan fingerprint density at radius 2 is 1.79 bits per heavy atom. The van der Waals surface area contributed by atoms with Gasteiger partial charge in [0.1, 0.15) is 5.75 Å². The van der Waals surface area contributed by atoms with Crippen molar-refractivity contribution in [1.82, 2.24) is 0 Å². The number of methoxy groups -OCH3 is 1. The molecule has 4 nitrogen and oxygen atoms in total. The molecule has 0 aliphatic heterocycles. The standard InChI is InChI=1S/C25H29NO3/c1-4-5-13-23(25(28)26(2)21-11-8-12-22(17-21)29-3)24(27)20-15-14-18-9-6-7-10-19(18)16-20/h6-12,14-17,23-24,27H,4-5,13H2,1-3H3/t23-,24-/m1/s1. The summed E-state index contributed by atoms with van der Waals surface area (Å²) < 4.78 is 5.28. The van der Waals surface area contributed by atoms with Crippen LogP contribution in [-0.2, 0) is 4.79 Å². The normalized spacial score (nSPS) is 13.1. The summed E-state index contributed by atoms with van der Waals surface area (Å²) >= 11 is 0. The number of hydrogen-bond acceptors (Lipinski definition) is 3. The molecule has 2 atom stereocenters. The quantitative estimate of drug-likeness (QED) is 0.563. The van der Waals surface area contributed by atoms with Crippen LogP contribution in [0.15, 0.2) is 66.7 Å². The second kappa shape index (κ2) is 9.57. The molecule has 0 aromatic heterocycles. The Bertz CT molecular complexity index is 969. The van der Waals surface area contributed by atoms with E-state index in [9.17, 15) is 9.90 Å². The first-order chi connectivity index (χ1) is 14.0. The van der Waals surface area contributed by atoms with Crippen molar-refractivity contribution in [2.24, 2.45) is 5.92 Å². The van der Waals surface area contributed by atoms with Gasteiger partial charge in [0.05, 0.1) is 19.1 Å². The Balaban J connectivity index is 1.89. The third kappa shape index (κ3) is 4.77. The second-order valence-corrected chi connectivity index (χ2v) is 7.40. The predicted octanol–water partition coefficient (Wildman–Crippen LogP) is 5.35. The largest absolute Gasteiger partial charge is 0.497 e. The van der Waals surface area contributed by atoms with E-state index in [1.54, 1.807) is 19.1 Å². The number of carbonyl (C=O) groups is 1. The lowest BCUT2D eigenvalue weighted by Gasteiger charge is -2.28. The van der Waals surface area contributed by atoms with Crippen molar-refractivity contribution < 1.29 is 14.6 Å². The van der Waals surface area contributed by atoms with Crippen LogP contribution < -0.4 is 9.64 Å².